The number of nitriles is 1. The number of carbonyl (C=O) groups is 1. The van der Waals surface area contributed by atoms with Crippen LogP contribution in [-0.4, -0.2) is 45.3 Å². The van der Waals surface area contributed by atoms with Gasteiger partial charge in [0.15, 0.2) is 5.82 Å². The molecule has 1 saturated heterocycles. The first kappa shape index (κ1) is 29.7. The van der Waals surface area contributed by atoms with Gasteiger partial charge in [-0.05, 0) is 54.4 Å². The topological polar surface area (TPSA) is 112 Å². The summed E-state index contributed by atoms with van der Waals surface area (Å²) in [6.45, 7) is 0.581. The van der Waals surface area contributed by atoms with Crippen molar-refractivity contribution < 1.29 is 36.6 Å². The number of nitrogens with zero attached hydrogens (tertiary/aromatic N) is 5. The van der Waals surface area contributed by atoms with Crippen molar-refractivity contribution >= 4 is 17.0 Å². The highest BCUT2D eigenvalue weighted by Crippen LogP contribution is 2.29. The molecule has 0 bridgehead atoms. The van der Waals surface area contributed by atoms with Gasteiger partial charge in [-0.15, -0.1) is 0 Å². The van der Waals surface area contributed by atoms with Gasteiger partial charge in [-0.3, -0.25) is 0 Å². The molecule has 0 saturated carbocycles. The molecular formula is C32H23F4N5O4. The zero-order valence-corrected chi connectivity index (χ0v) is 23.7. The summed E-state index contributed by atoms with van der Waals surface area (Å²) in [5.74, 6) is -4.41. The fourth-order valence-corrected chi connectivity index (χ4v) is 4.92. The van der Waals surface area contributed by atoms with E-state index in [0.717, 1.165) is 30.8 Å². The van der Waals surface area contributed by atoms with Gasteiger partial charge < -0.3 is 18.8 Å². The molecule has 1 fully saturated rings. The summed E-state index contributed by atoms with van der Waals surface area (Å²) in [5.41, 5.74) is 1.28. The van der Waals surface area contributed by atoms with E-state index in [2.05, 4.69) is 15.0 Å². The van der Waals surface area contributed by atoms with E-state index in [1.807, 2.05) is 4.57 Å². The number of halogens is 4. The number of aromatic nitrogens is 4. The number of benzene rings is 3. The van der Waals surface area contributed by atoms with Gasteiger partial charge in [0.2, 0.25) is 5.82 Å². The van der Waals surface area contributed by atoms with Crippen molar-refractivity contribution in [1.82, 2.24) is 19.5 Å². The highest BCUT2D eigenvalue weighted by Gasteiger charge is 2.24. The minimum Gasteiger partial charge on any atom is -0.471 e. The summed E-state index contributed by atoms with van der Waals surface area (Å²) in [7, 11) is 1.28. The number of ether oxygens (including phenoxy) is 3. The second kappa shape index (κ2) is 12.3. The van der Waals surface area contributed by atoms with Gasteiger partial charge in [0.05, 0.1) is 59.7 Å². The van der Waals surface area contributed by atoms with E-state index < -0.39 is 41.7 Å². The second-order valence-corrected chi connectivity index (χ2v) is 10.3. The number of carbonyl (C=O) groups excluding carboxylic acids is 1. The highest BCUT2D eigenvalue weighted by atomic mass is 19.1. The van der Waals surface area contributed by atoms with Crippen LogP contribution in [0.3, 0.4) is 0 Å². The van der Waals surface area contributed by atoms with Crippen LogP contribution in [0.1, 0.15) is 39.3 Å². The van der Waals surface area contributed by atoms with Crippen molar-refractivity contribution in [3.8, 4) is 23.3 Å². The Balaban J connectivity index is 1.28. The molecule has 9 nitrogen and oxygen atoms in total. The van der Waals surface area contributed by atoms with Crippen molar-refractivity contribution in [2.24, 2.45) is 0 Å². The minimum atomic E-state index is -0.991. The molecule has 2 aromatic heterocycles. The van der Waals surface area contributed by atoms with Crippen LogP contribution in [0.25, 0.3) is 22.4 Å². The van der Waals surface area contributed by atoms with E-state index in [4.69, 9.17) is 19.5 Å². The molecule has 1 atom stereocenters. The third-order valence-corrected chi connectivity index (χ3v) is 7.41. The molecule has 0 N–H and O–H groups in total. The lowest BCUT2D eigenvalue weighted by molar-refractivity contribution is -0.0589. The standard InChI is InChI=1S/C32H23F4N5O4/c1-43-32(42)18-4-5-27-28(10-18)41(15-21-6-7-44-21)29(39-27)11-20-9-25(35)22(12-24(20)34)30-38-14-26(36)31(40-30)45-16-19-3-2-17(13-37)8-23(19)33/h2-5,8-10,12,14,21H,6-7,11,15-16H2,1H3/t21-/m0/s1. The number of imidazole rings is 1. The van der Waals surface area contributed by atoms with Crippen LogP contribution < -0.4 is 4.74 Å². The fourth-order valence-electron chi connectivity index (χ4n) is 4.92. The van der Waals surface area contributed by atoms with E-state index in [1.165, 1.54) is 19.2 Å². The summed E-state index contributed by atoms with van der Waals surface area (Å²) in [5, 5.41) is 8.89. The van der Waals surface area contributed by atoms with Gasteiger partial charge in [0, 0.05) is 18.6 Å². The predicted molar refractivity (Wildman–Crippen MR) is 151 cm³/mol. The molecule has 0 amide bonds. The minimum absolute atomic E-state index is 0.00889. The molecule has 0 radical (unpaired) electrons. The summed E-state index contributed by atoms with van der Waals surface area (Å²) in [4.78, 5) is 24.4. The lowest BCUT2D eigenvalue weighted by atomic mass is 10.1. The van der Waals surface area contributed by atoms with Gasteiger partial charge in [0.1, 0.15) is 29.9 Å². The van der Waals surface area contributed by atoms with Crippen LogP contribution in [0.15, 0.2) is 54.7 Å². The molecule has 3 aromatic carbocycles. The third-order valence-electron chi connectivity index (χ3n) is 7.41. The smallest absolute Gasteiger partial charge is 0.337 e. The van der Waals surface area contributed by atoms with E-state index >= 15 is 8.78 Å². The number of hydrogen-bond donors (Lipinski definition) is 0. The summed E-state index contributed by atoms with van der Waals surface area (Å²) >= 11 is 0. The molecule has 1 aliphatic heterocycles. The maximum Gasteiger partial charge on any atom is 0.337 e. The first-order chi connectivity index (χ1) is 21.7. The van der Waals surface area contributed by atoms with E-state index in [1.54, 1.807) is 24.3 Å². The SMILES string of the molecule is COC(=O)c1ccc2nc(Cc3cc(F)c(-c4ncc(F)c(OCc5ccc(C#N)cc5F)n4)cc3F)n(C[C@@H]3CCO3)c2c1. The van der Waals surface area contributed by atoms with Gasteiger partial charge in [-0.25, -0.2) is 27.9 Å². The Hall–Kier alpha value is -5.35. The van der Waals surface area contributed by atoms with Crippen molar-refractivity contribution in [3.05, 3.63) is 106 Å². The summed E-state index contributed by atoms with van der Waals surface area (Å²) in [6, 6.07) is 12.3. The van der Waals surface area contributed by atoms with Crippen molar-refractivity contribution in [2.75, 3.05) is 13.7 Å². The van der Waals surface area contributed by atoms with Crippen molar-refractivity contribution in [3.63, 3.8) is 0 Å². The molecule has 5 aromatic rings. The van der Waals surface area contributed by atoms with Gasteiger partial charge in [-0.2, -0.15) is 14.6 Å². The van der Waals surface area contributed by atoms with Gasteiger partial charge >= 0.3 is 5.97 Å². The number of fused-ring (bicyclic) bond motifs is 1. The molecule has 6 rings (SSSR count). The maximum atomic E-state index is 15.5. The third kappa shape index (κ3) is 6.05. The van der Waals surface area contributed by atoms with Crippen LogP contribution in [0.5, 0.6) is 5.88 Å². The fraction of sp³-hybridized carbons (Fsp3) is 0.219. The maximum absolute atomic E-state index is 15.5. The Morgan fingerprint density at radius 1 is 1.02 bits per heavy atom. The molecule has 0 aliphatic carbocycles. The van der Waals surface area contributed by atoms with Crippen LogP contribution in [-0.2, 0) is 29.0 Å². The molecule has 1 aliphatic rings. The largest absolute Gasteiger partial charge is 0.471 e. The number of methoxy groups -OCH3 is 1. The van der Waals surface area contributed by atoms with E-state index in [0.29, 0.717) is 35.6 Å². The number of rotatable bonds is 9. The number of esters is 1. The quantitative estimate of drug-likeness (QED) is 0.154. The average molecular weight is 618 g/mol. The van der Waals surface area contributed by atoms with Crippen LogP contribution in [0.4, 0.5) is 17.6 Å². The van der Waals surface area contributed by atoms with Crippen molar-refractivity contribution in [2.45, 2.75) is 32.1 Å². The normalized spacial score (nSPS) is 14.2. The Bertz CT molecular complexity index is 1990. The zero-order valence-electron chi connectivity index (χ0n) is 23.7. The molecule has 0 spiro atoms. The Morgan fingerprint density at radius 2 is 1.82 bits per heavy atom. The second-order valence-electron chi connectivity index (χ2n) is 10.3. The van der Waals surface area contributed by atoms with Gasteiger partial charge in [-0.1, -0.05) is 6.07 Å². The average Bonchev–Trinajstić information content (AvgIpc) is 3.36. The predicted octanol–water partition coefficient (Wildman–Crippen LogP) is 5.67. The lowest BCUT2D eigenvalue weighted by Crippen LogP contribution is -2.31. The first-order valence-corrected chi connectivity index (χ1v) is 13.7. The van der Waals surface area contributed by atoms with Gasteiger partial charge in [0.25, 0.3) is 5.88 Å². The van der Waals surface area contributed by atoms with Crippen molar-refractivity contribution in [1.29, 1.82) is 5.26 Å². The Morgan fingerprint density at radius 3 is 2.53 bits per heavy atom. The Kier molecular flexibility index (Phi) is 8.14. The van der Waals surface area contributed by atoms with Crippen LogP contribution in [0, 0.1) is 34.6 Å². The highest BCUT2D eigenvalue weighted by molar-refractivity contribution is 5.93. The molecule has 0 unspecified atom stereocenters. The first-order valence-electron chi connectivity index (χ1n) is 13.7. The molecule has 45 heavy (non-hydrogen) atoms. The van der Waals surface area contributed by atoms with Crippen LogP contribution >= 0.6 is 0 Å². The molecule has 13 heteroatoms. The zero-order chi connectivity index (χ0) is 31.7. The summed E-state index contributed by atoms with van der Waals surface area (Å²) in [6.07, 6.45) is 1.38. The number of hydrogen-bond acceptors (Lipinski definition) is 8. The molecule has 3 heterocycles. The van der Waals surface area contributed by atoms with Crippen LogP contribution in [0.2, 0.25) is 0 Å². The lowest BCUT2D eigenvalue weighted by Gasteiger charge is -2.27. The van der Waals surface area contributed by atoms with E-state index in [-0.39, 0.29) is 40.6 Å². The van der Waals surface area contributed by atoms with E-state index in [9.17, 15) is 13.6 Å². The monoisotopic (exact) mass is 617 g/mol. The molecular weight excluding hydrogens is 594 g/mol. The molecule has 228 valence electrons. The summed E-state index contributed by atoms with van der Waals surface area (Å²) < 4.78 is 77.1. The Labute approximate surface area is 253 Å².